The van der Waals surface area contributed by atoms with Crippen LogP contribution in [-0.4, -0.2) is 8.07 Å². The molecule has 0 aliphatic carbocycles. The van der Waals surface area contributed by atoms with Crippen LogP contribution >= 0.6 is 0 Å². The lowest BCUT2D eigenvalue weighted by molar-refractivity contribution is 0.517. The fraction of sp³-hybridized carbons (Fsp3) is 0.829. The largest absolute Gasteiger partial charge is 0.0806 e. The molecule has 0 saturated carbocycles. The fourth-order valence-electron chi connectivity index (χ4n) is 5.74. The van der Waals surface area contributed by atoms with Crippen LogP contribution in [0.5, 0.6) is 0 Å². The van der Waals surface area contributed by atoms with Crippen LogP contribution in [-0.2, 0) is 0 Å². The van der Waals surface area contributed by atoms with Crippen molar-refractivity contribution < 1.29 is 0 Å². The monoisotopic (exact) mass is 514 g/mol. The Labute approximate surface area is 229 Å². The van der Waals surface area contributed by atoms with Crippen molar-refractivity contribution in [3.8, 4) is 0 Å². The molecule has 0 aliphatic rings. The number of benzene rings is 1. The maximum absolute atomic E-state index is 2.54. The standard InChI is InChI=1S/C35H66Si/c1-4-5-6-7-8-9-10-11-12-13-14-15-16-17-18-19-20-21-22-23-24-25-26-27-31-34-36(2,3)35-32-29-28-30-33-35/h28-30,32-33H,4-27,31,34H2,1-3H3. The smallest absolute Gasteiger partial charge is 0.0654 e. The molecule has 0 N–H and O–H groups in total. The maximum Gasteiger partial charge on any atom is 0.0806 e. The van der Waals surface area contributed by atoms with Crippen LogP contribution in [0.2, 0.25) is 19.1 Å². The van der Waals surface area contributed by atoms with Crippen LogP contribution in [0.25, 0.3) is 0 Å². The zero-order valence-corrected chi connectivity index (χ0v) is 26.3. The van der Waals surface area contributed by atoms with E-state index in [9.17, 15) is 0 Å². The fourth-order valence-corrected chi connectivity index (χ4v) is 8.26. The molecular formula is C35H66Si. The molecule has 1 rings (SSSR count). The van der Waals surface area contributed by atoms with E-state index in [4.69, 9.17) is 0 Å². The summed E-state index contributed by atoms with van der Waals surface area (Å²) in [6.07, 6.45) is 36.8. The summed E-state index contributed by atoms with van der Waals surface area (Å²) in [5, 5.41) is 1.63. The Balaban J connectivity index is 1.71. The van der Waals surface area contributed by atoms with Gasteiger partial charge in [0.05, 0.1) is 8.07 Å². The highest BCUT2D eigenvalue weighted by Gasteiger charge is 2.21. The molecule has 0 radical (unpaired) electrons. The molecule has 36 heavy (non-hydrogen) atoms. The molecule has 0 atom stereocenters. The molecule has 0 aromatic heterocycles. The van der Waals surface area contributed by atoms with Crippen molar-refractivity contribution in [2.45, 2.75) is 187 Å². The van der Waals surface area contributed by atoms with Gasteiger partial charge in [-0.3, -0.25) is 0 Å². The Morgan fingerprint density at radius 2 is 0.667 bits per heavy atom. The molecule has 210 valence electrons. The summed E-state index contributed by atoms with van der Waals surface area (Å²) < 4.78 is 0. The van der Waals surface area contributed by atoms with Crippen LogP contribution in [0.4, 0.5) is 0 Å². The van der Waals surface area contributed by atoms with Crippen molar-refractivity contribution in [1.82, 2.24) is 0 Å². The Bertz CT molecular complexity index is 549. The molecule has 0 nitrogen and oxygen atoms in total. The van der Waals surface area contributed by atoms with Gasteiger partial charge in [0.2, 0.25) is 0 Å². The molecule has 1 heteroatoms. The second-order valence-corrected chi connectivity index (χ2v) is 17.3. The van der Waals surface area contributed by atoms with E-state index in [1.54, 1.807) is 5.19 Å². The lowest BCUT2D eigenvalue weighted by Gasteiger charge is -2.22. The van der Waals surface area contributed by atoms with Gasteiger partial charge in [-0.05, 0) is 0 Å². The number of rotatable bonds is 27. The quantitative estimate of drug-likeness (QED) is 0.0808. The van der Waals surface area contributed by atoms with E-state index in [1.807, 2.05) is 0 Å². The maximum atomic E-state index is 2.54. The van der Waals surface area contributed by atoms with E-state index >= 15 is 0 Å². The summed E-state index contributed by atoms with van der Waals surface area (Å²) in [5.74, 6) is 0. The Morgan fingerprint density at radius 3 is 0.972 bits per heavy atom. The molecule has 0 bridgehead atoms. The highest BCUT2D eigenvalue weighted by atomic mass is 28.3. The number of hydrogen-bond donors (Lipinski definition) is 0. The van der Waals surface area contributed by atoms with Gasteiger partial charge in [0.15, 0.2) is 0 Å². The van der Waals surface area contributed by atoms with Gasteiger partial charge >= 0.3 is 0 Å². The van der Waals surface area contributed by atoms with Crippen molar-refractivity contribution in [1.29, 1.82) is 0 Å². The Morgan fingerprint density at radius 1 is 0.389 bits per heavy atom. The number of unbranched alkanes of at least 4 members (excludes halogenated alkanes) is 24. The minimum Gasteiger partial charge on any atom is -0.0654 e. The molecule has 0 aliphatic heterocycles. The molecule has 0 unspecified atom stereocenters. The van der Waals surface area contributed by atoms with Crippen LogP contribution in [0.1, 0.15) is 167 Å². The van der Waals surface area contributed by atoms with E-state index in [0.29, 0.717) is 0 Å². The molecular weight excluding hydrogens is 448 g/mol. The van der Waals surface area contributed by atoms with Gasteiger partial charge in [-0.15, -0.1) is 0 Å². The van der Waals surface area contributed by atoms with Crippen molar-refractivity contribution in [2.75, 3.05) is 0 Å². The average Bonchev–Trinajstić information content (AvgIpc) is 2.89. The van der Waals surface area contributed by atoms with E-state index < -0.39 is 8.07 Å². The lowest BCUT2D eigenvalue weighted by Crippen LogP contribution is -2.40. The van der Waals surface area contributed by atoms with Gasteiger partial charge in [-0.2, -0.15) is 0 Å². The van der Waals surface area contributed by atoms with Crippen LogP contribution in [0, 0.1) is 0 Å². The van der Waals surface area contributed by atoms with Gasteiger partial charge < -0.3 is 0 Å². The van der Waals surface area contributed by atoms with Crippen LogP contribution in [0.15, 0.2) is 30.3 Å². The van der Waals surface area contributed by atoms with Gasteiger partial charge in [0.1, 0.15) is 0 Å². The third-order valence-electron chi connectivity index (χ3n) is 8.46. The first-order chi connectivity index (χ1) is 17.7. The van der Waals surface area contributed by atoms with Crippen molar-refractivity contribution >= 4 is 13.3 Å². The van der Waals surface area contributed by atoms with Crippen LogP contribution < -0.4 is 5.19 Å². The first kappa shape index (κ1) is 33.5. The zero-order valence-electron chi connectivity index (χ0n) is 25.3. The summed E-state index contributed by atoms with van der Waals surface area (Å²) in [5.41, 5.74) is 0. The average molecular weight is 515 g/mol. The van der Waals surface area contributed by atoms with E-state index in [2.05, 4.69) is 50.3 Å². The third-order valence-corrected chi connectivity index (χ3v) is 12.0. The van der Waals surface area contributed by atoms with E-state index in [0.717, 1.165) is 0 Å². The molecule has 0 heterocycles. The van der Waals surface area contributed by atoms with Gasteiger partial charge in [0.25, 0.3) is 0 Å². The minimum absolute atomic E-state index is 1.20. The normalized spacial score (nSPS) is 11.9. The second kappa shape index (κ2) is 24.8. The second-order valence-electron chi connectivity index (χ2n) is 12.5. The minimum atomic E-state index is -1.20. The summed E-state index contributed by atoms with van der Waals surface area (Å²) in [7, 11) is -1.20. The molecule has 0 saturated heterocycles. The lowest BCUT2D eigenvalue weighted by atomic mass is 10.0. The zero-order chi connectivity index (χ0) is 26.0. The van der Waals surface area contributed by atoms with E-state index in [-0.39, 0.29) is 0 Å². The van der Waals surface area contributed by atoms with E-state index in [1.165, 1.54) is 167 Å². The summed E-state index contributed by atoms with van der Waals surface area (Å²) in [4.78, 5) is 0. The molecule has 0 fully saturated rings. The molecule has 0 spiro atoms. The SMILES string of the molecule is CCCCCCCCCCCCCCCCCCCCCCCCCCC[Si](C)(C)c1ccccc1. The van der Waals surface area contributed by atoms with Gasteiger partial charge in [0, 0.05) is 0 Å². The first-order valence-electron chi connectivity index (χ1n) is 16.7. The summed E-state index contributed by atoms with van der Waals surface area (Å²) >= 11 is 0. The van der Waals surface area contributed by atoms with Crippen molar-refractivity contribution in [3.63, 3.8) is 0 Å². The Hall–Kier alpha value is -0.563. The highest BCUT2D eigenvalue weighted by Crippen LogP contribution is 2.18. The molecule has 1 aromatic carbocycles. The molecule has 0 amide bonds. The predicted octanol–water partition coefficient (Wildman–Crippen LogP) is 12.4. The predicted molar refractivity (Wildman–Crippen MR) is 169 cm³/mol. The van der Waals surface area contributed by atoms with Crippen molar-refractivity contribution in [3.05, 3.63) is 30.3 Å². The molecule has 1 aromatic rings. The topological polar surface area (TPSA) is 0 Å². The van der Waals surface area contributed by atoms with Crippen LogP contribution in [0.3, 0.4) is 0 Å². The third kappa shape index (κ3) is 20.5. The Kier molecular flexibility index (Phi) is 23.0. The highest BCUT2D eigenvalue weighted by molar-refractivity contribution is 6.89. The van der Waals surface area contributed by atoms with Gasteiger partial charge in [-0.25, -0.2) is 0 Å². The summed E-state index contributed by atoms with van der Waals surface area (Å²) in [6.45, 7) is 7.39. The summed E-state index contributed by atoms with van der Waals surface area (Å²) in [6, 6.07) is 12.7. The van der Waals surface area contributed by atoms with Gasteiger partial charge in [-0.1, -0.05) is 222 Å². The number of hydrogen-bond acceptors (Lipinski definition) is 0. The van der Waals surface area contributed by atoms with Crippen molar-refractivity contribution in [2.24, 2.45) is 0 Å². The first-order valence-corrected chi connectivity index (χ1v) is 19.9.